The summed E-state index contributed by atoms with van der Waals surface area (Å²) in [5.41, 5.74) is 2.53. The summed E-state index contributed by atoms with van der Waals surface area (Å²) in [6.45, 7) is 2.99. The number of aryl methyl sites for hydroxylation is 1. The molecule has 0 saturated heterocycles. The first-order chi connectivity index (χ1) is 10.3. The molecular weight excluding hydrogens is 258 g/mol. The van der Waals surface area contributed by atoms with Gasteiger partial charge < -0.3 is 10.1 Å². The zero-order chi connectivity index (χ0) is 14.7. The molecule has 21 heavy (non-hydrogen) atoms. The van der Waals surface area contributed by atoms with E-state index in [-0.39, 0.29) is 0 Å². The van der Waals surface area contributed by atoms with Gasteiger partial charge in [0, 0.05) is 11.9 Å². The van der Waals surface area contributed by atoms with E-state index in [1.165, 1.54) is 16.5 Å². The first-order valence-electron chi connectivity index (χ1n) is 7.17. The van der Waals surface area contributed by atoms with E-state index < -0.39 is 0 Å². The Labute approximate surface area is 125 Å². The summed E-state index contributed by atoms with van der Waals surface area (Å²) in [5, 5.41) is 5.51. The highest BCUT2D eigenvalue weighted by Gasteiger charge is 2.05. The number of rotatable bonds is 4. The van der Waals surface area contributed by atoms with Crippen molar-refractivity contribution in [1.82, 2.24) is 5.32 Å². The number of nitrogens with one attached hydrogen (secondary N) is 1. The molecule has 106 valence electrons. The lowest BCUT2D eigenvalue weighted by Gasteiger charge is -2.11. The predicted octanol–water partition coefficient (Wildman–Crippen LogP) is 4.66. The third-order valence-corrected chi connectivity index (χ3v) is 3.66. The lowest BCUT2D eigenvalue weighted by molar-refractivity contribution is 0.487. The normalized spacial score (nSPS) is 10.8. The fourth-order valence-corrected chi connectivity index (χ4v) is 2.53. The highest BCUT2D eigenvalue weighted by atomic mass is 16.5. The molecule has 1 N–H and O–H groups in total. The second kappa shape index (κ2) is 5.98. The molecule has 0 aliphatic rings. The molecule has 3 aromatic carbocycles. The smallest absolute Gasteiger partial charge is 0.135 e. The van der Waals surface area contributed by atoms with Gasteiger partial charge in [0.1, 0.15) is 11.5 Å². The molecule has 0 aromatic heterocycles. The Hall–Kier alpha value is -2.32. The Bertz CT molecular complexity index is 759. The lowest BCUT2D eigenvalue weighted by Crippen LogP contribution is -2.06. The highest BCUT2D eigenvalue weighted by Crippen LogP contribution is 2.30. The second-order valence-electron chi connectivity index (χ2n) is 5.20. The van der Waals surface area contributed by atoms with Gasteiger partial charge in [-0.25, -0.2) is 0 Å². The topological polar surface area (TPSA) is 21.3 Å². The summed E-state index contributed by atoms with van der Waals surface area (Å²) < 4.78 is 6.09. The molecule has 0 spiro atoms. The van der Waals surface area contributed by atoms with E-state index in [0.717, 1.165) is 23.4 Å². The van der Waals surface area contributed by atoms with Gasteiger partial charge in [0.25, 0.3) is 0 Å². The molecule has 0 amide bonds. The van der Waals surface area contributed by atoms with Crippen molar-refractivity contribution in [3.8, 4) is 11.5 Å². The number of ether oxygens (including phenoxy) is 1. The van der Waals surface area contributed by atoms with Crippen LogP contribution in [0.4, 0.5) is 0 Å². The van der Waals surface area contributed by atoms with Gasteiger partial charge in [-0.05, 0) is 48.7 Å². The molecule has 0 aliphatic heterocycles. The molecule has 0 bridgehead atoms. The largest absolute Gasteiger partial charge is 0.457 e. The molecule has 0 heterocycles. The van der Waals surface area contributed by atoms with Gasteiger partial charge in [-0.3, -0.25) is 0 Å². The van der Waals surface area contributed by atoms with Crippen molar-refractivity contribution in [3.05, 3.63) is 71.8 Å². The Morgan fingerprint density at radius 1 is 0.952 bits per heavy atom. The van der Waals surface area contributed by atoms with E-state index in [1.54, 1.807) is 0 Å². The minimum Gasteiger partial charge on any atom is -0.457 e. The van der Waals surface area contributed by atoms with Gasteiger partial charge in [0.15, 0.2) is 0 Å². The maximum atomic E-state index is 6.09. The van der Waals surface area contributed by atoms with Crippen LogP contribution in [0.15, 0.2) is 60.7 Å². The third kappa shape index (κ3) is 2.91. The van der Waals surface area contributed by atoms with E-state index in [2.05, 4.69) is 42.6 Å². The van der Waals surface area contributed by atoms with Crippen molar-refractivity contribution < 1.29 is 4.74 Å². The van der Waals surface area contributed by atoms with Crippen LogP contribution in [0.25, 0.3) is 10.8 Å². The van der Waals surface area contributed by atoms with Gasteiger partial charge >= 0.3 is 0 Å². The minimum atomic E-state index is 0.875. The maximum Gasteiger partial charge on any atom is 0.135 e. The molecule has 3 aromatic rings. The molecular formula is C19H19NO. The van der Waals surface area contributed by atoms with Gasteiger partial charge in [-0.15, -0.1) is 0 Å². The van der Waals surface area contributed by atoms with Crippen molar-refractivity contribution >= 4 is 10.8 Å². The fraction of sp³-hybridized carbons (Fsp3) is 0.158. The van der Waals surface area contributed by atoms with Crippen LogP contribution in [0, 0.1) is 6.92 Å². The second-order valence-corrected chi connectivity index (χ2v) is 5.20. The monoisotopic (exact) mass is 277 g/mol. The van der Waals surface area contributed by atoms with Crippen molar-refractivity contribution in [2.24, 2.45) is 0 Å². The Morgan fingerprint density at radius 3 is 2.57 bits per heavy atom. The number of hydrogen-bond acceptors (Lipinski definition) is 2. The fourth-order valence-electron chi connectivity index (χ4n) is 2.53. The Balaban J connectivity index is 1.93. The molecule has 0 saturated carbocycles. The minimum absolute atomic E-state index is 0.875. The first kappa shape index (κ1) is 13.7. The molecule has 0 radical (unpaired) electrons. The van der Waals surface area contributed by atoms with Gasteiger partial charge in [-0.2, -0.15) is 0 Å². The van der Waals surface area contributed by atoms with Crippen molar-refractivity contribution in [2.75, 3.05) is 7.05 Å². The molecule has 2 heteroatoms. The lowest BCUT2D eigenvalue weighted by atomic mass is 10.1. The Morgan fingerprint density at radius 2 is 1.76 bits per heavy atom. The SMILES string of the molecule is CNCc1ccc(Oc2cccc3ccccc23)cc1C. The van der Waals surface area contributed by atoms with Crippen molar-refractivity contribution in [1.29, 1.82) is 0 Å². The molecule has 3 rings (SSSR count). The van der Waals surface area contributed by atoms with Crippen molar-refractivity contribution in [2.45, 2.75) is 13.5 Å². The molecule has 0 atom stereocenters. The summed E-state index contributed by atoms with van der Waals surface area (Å²) in [4.78, 5) is 0. The summed E-state index contributed by atoms with van der Waals surface area (Å²) in [7, 11) is 1.96. The summed E-state index contributed by atoms with van der Waals surface area (Å²) in [6, 6.07) is 20.7. The van der Waals surface area contributed by atoms with Gasteiger partial charge in [0.2, 0.25) is 0 Å². The van der Waals surface area contributed by atoms with Gasteiger partial charge in [-0.1, -0.05) is 42.5 Å². The Kier molecular flexibility index (Phi) is 3.89. The zero-order valence-electron chi connectivity index (χ0n) is 12.4. The summed E-state index contributed by atoms with van der Waals surface area (Å²) in [6.07, 6.45) is 0. The standard InChI is InChI=1S/C19H19NO/c1-14-12-17(11-10-16(14)13-20-2)21-19-9-5-7-15-6-3-4-8-18(15)19/h3-12,20H,13H2,1-2H3. The van der Waals surface area contributed by atoms with Crippen LogP contribution in [0.2, 0.25) is 0 Å². The summed E-state index contributed by atoms with van der Waals surface area (Å²) >= 11 is 0. The van der Waals surface area contributed by atoms with Crippen LogP contribution >= 0.6 is 0 Å². The number of benzene rings is 3. The summed E-state index contributed by atoms with van der Waals surface area (Å²) in [5.74, 6) is 1.78. The van der Waals surface area contributed by atoms with E-state index in [4.69, 9.17) is 4.74 Å². The van der Waals surface area contributed by atoms with Crippen LogP contribution in [0.1, 0.15) is 11.1 Å². The average Bonchev–Trinajstić information content (AvgIpc) is 2.51. The van der Waals surface area contributed by atoms with Crippen LogP contribution in [0.5, 0.6) is 11.5 Å². The van der Waals surface area contributed by atoms with Crippen LogP contribution in [-0.2, 0) is 6.54 Å². The molecule has 2 nitrogen and oxygen atoms in total. The predicted molar refractivity (Wildman–Crippen MR) is 88.0 cm³/mol. The van der Waals surface area contributed by atoms with E-state index in [1.807, 2.05) is 37.4 Å². The maximum absolute atomic E-state index is 6.09. The van der Waals surface area contributed by atoms with Crippen molar-refractivity contribution in [3.63, 3.8) is 0 Å². The zero-order valence-corrected chi connectivity index (χ0v) is 12.4. The number of hydrogen-bond donors (Lipinski definition) is 1. The average molecular weight is 277 g/mol. The first-order valence-corrected chi connectivity index (χ1v) is 7.17. The molecule has 0 unspecified atom stereocenters. The molecule has 0 aliphatic carbocycles. The van der Waals surface area contributed by atoms with E-state index in [9.17, 15) is 0 Å². The van der Waals surface area contributed by atoms with Crippen LogP contribution in [0.3, 0.4) is 0 Å². The van der Waals surface area contributed by atoms with E-state index >= 15 is 0 Å². The third-order valence-electron chi connectivity index (χ3n) is 3.66. The van der Waals surface area contributed by atoms with Crippen LogP contribution < -0.4 is 10.1 Å². The van der Waals surface area contributed by atoms with Crippen LogP contribution in [-0.4, -0.2) is 7.05 Å². The van der Waals surface area contributed by atoms with E-state index in [0.29, 0.717) is 0 Å². The molecule has 0 fully saturated rings. The highest BCUT2D eigenvalue weighted by molar-refractivity contribution is 5.88. The van der Waals surface area contributed by atoms with Gasteiger partial charge in [0.05, 0.1) is 0 Å². The number of fused-ring (bicyclic) bond motifs is 1. The quantitative estimate of drug-likeness (QED) is 0.749.